The molecule has 0 N–H and O–H groups in total. The lowest BCUT2D eigenvalue weighted by atomic mass is 10.1. The number of hydrogen-bond acceptors (Lipinski definition) is 2. The third-order valence-corrected chi connectivity index (χ3v) is 2.15. The van der Waals surface area contributed by atoms with E-state index in [4.69, 9.17) is 11.6 Å². The van der Waals surface area contributed by atoms with Crippen LogP contribution in [0.1, 0.15) is 11.3 Å². The van der Waals surface area contributed by atoms with Crippen molar-refractivity contribution in [1.82, 2.24) is 10.2 Å². The number of aromatic nitrogens is 2. The Labute approximate surface area is 91.7 Å². The van der Waals surface area contributed by atoms with Gasteiger partial charge in [-0.15, -0.1) is 0 Å². The minimum absolute atomic E-state index is 0.248. The summed E-state index contributed by atoms with van der Waals surface area (Å²) in [4.78, 5) is 0. The van der Waals surface area contributed by atoms with Gasteiger partial charge in [0.05, 0.1) is 16.9 Å². The van der Waals surface area contributed by atoms with E-state index in [2.05, 4.69) is 10.2 Å². The van der Waals surface area contributed by atoms with E-state index in [1.165, 1.54) is 18.3 Å². The van der Waals surface area contributed by atoms with Crippen LogP contribution in [0.15, 0.2) is 36.5 Å². The molecule has 0 unspecified atom stereocenters. The molecule has 0 aliphatic heterocycles. The lowest BCUT2D eigenvalue weighted by Gasteiger charge is -2.00. The normalized spacial score (nSPS) is 10.3. The Kier molecular flexibility index (Phi) is 2.92. The Hall–Kier alpha value is -1.48. The van der Waals surface area contributed by atoms with Crippen LogP contribution in [0.5, 0.6) is 0 Å². The van der Waals surface area contributed by atoms with Crippen LogP contribution in [0.4, 0.5) is 4.39 Å². The van der Waals surface area contributed by atoms with Crippen molar-refractivity contribution in [2.75, 3.05) is 0 Å². The van der Waals surface area contributed by atoms with E-state index in [1.54, 1.807) is 12.1 Å². The minimum Gasteiger partial charge on any atom is -0.207 e. The lowest BCUT2D eigenvalue weighted by Crippen LogP contribution is -1.94. The molecule has 0 fully saturated rings. The van der Waals surface area contributed by atoms with Gasteiger partial charge in [-0.1, -0.05) is 23.7 Å². The van der Waals surface area contributed by atoms with Crippen LogP contribution in [0, 0.1) is 5.82 Å². The van der Waals surface area contributed by atoms with Crippen LogP contribution in [0.3, 0.4) is 0 Å². The number of hydrogen-bond donors (Lipinski definition) is 0. The largest absolute Gasteiger partial charge is 0.207 e. The molecule has 15 heavy (non-hydrogen) atoms. The van der Waals surface area contributed by atoms with Crippen molar-refractivity contribution < 1.29 is 4.39 Å². The number of benzene rings is 1. The fraction of sp³-hybridized carbons (Fsp3) is 0.0909. The first kappa shape index (κ1) is 10.1. The molecule has 1 aromatic carbocycles. The number of rotatable bonds is 2. The van der Waals surface area contributed by atoms with Crippen LogP contribution in [-0.4, -0.2) is 10.2 Å². The van der Waals surface area contributed by atoms with E-state index in [1.807, 2.05) is 6.07 Å². The molecule has 1 heterocycles. The molecule has 0 amide bonds. The molecule has 2 nitrogen and oxygen atoms in total. The van der Waals surface area contributed by atoms with E-state index in [9.17, 15) is 4.39 Å². The predicted octanol–water partition coefficient (Wildman–Crippen LogP) is 2.86. The average molecular weight is 223 g/mol. The van der Waals surface area contributed by atoms with E-state index < -0.39 is 0 Å². The second kappa shape index (κ2) is 4.36. The Balaban J connectivity index is 2.22. The van der Waals surface area contributed by atoms with Crippen molar-refractivity contribution in [3.8, 4) is 0 Å². The lowest BCUT2D eigenvalue weighted by molar-refractivity contribution is 0.626. The zero-order chi connectivity index (χ0) is 10.7. The van der Waals surface area contributed by atoms with Gasteiger partial charge in [-0.3, -0.25) is 0 Å². The van der Waals surface area contributed by atoms with E-state index in [0.29, 0.717) is 11.4 Å². The maximum atomic E-state index is 12.9. The molecule has 0 aliphatic rings. The van der Waals surface area contributed by atoms with Crippen LogP contribution >= 0.6 is 11.6 Å². The fourth-order valence-corrected chi connectivity index (χ4v) is 1.50. The molecule has 0 atom stereocenters. The fourth-order valence-electron chi connectivity index (χ4n) is 1.33. The SMILES string of the molecule is Fc1cccc(Cc2cc(Cl)cnn2)c1. The minimum atomic E-state index is -0.248. The third-order valence-electron chi connectivity index (χ3n) is 1.95. The van der Waals surface area contributed by atoms with Gasteiger partial charge in [0.1, 0.15) is 5.82 Å². The summed E-state index contributed by atoms with van der Waals surface area (Å²) >= 11 is 5.77. The summed E-state index contributed by atoms with van der Waals surface area (Å²) in [6.07, 6.45) is 2.00. The third kappa shape index (κ3) is 2.73. The van der Waals surface area contributed by atoms with Crippen molar-refractivity contribution in [1.29, 1.82) is 0 Å². The standard InChI is InChI=1S/C11H8ClFN2/c12-9-6-11(15-14-7-9)5-8-2-1-3-10(13)4-8/h1-4,6-7H,5H2. The van der Waals surface area contributed by atoms with Crippen LogP contribution in [-0.2, 0) is 6.42 Å². The molecule has 0 saturated heterocycles. The first-order valence-electron chi connectivity index (χ1n) is 4.45. The molecule has 2 aromatic rings. The van der Waals surface area contributed by atoms with E-state index in [0.717, 1.165) is 11.3 Å². The first-order chi connectivity index (χ1) is 7.24. The molecular weight excluding hydrogens is 215 g/mol. The second-order valence-electron chi connectivity index (χ2n) is 3.17. The zero-order valence-corrected chi connectivity index (χ0v) is 8.58. The Bertz CT molecular complexity index is 430. The van der Waals surface area contributed by atoms with Crippen molar-refractivity contribution in [3.05, 3.63) is 58.6 Å². The van der Waals surface area contributed by atoms with Gasteiger partial charge in [0.15, 0.2) is 0 Å². The van der Waals surface area contributed by atoms with Gasteiger partial charge in [-0.25, -0.2) is 4.39 Å². The van der Waals surface area contributed by atoms with Crippen molar-refractivity contribution >= 4 is 11.6 Å². The molecule has 0 aliphatic carbocycles. The summed E-state index contributed by atoms with van der Waals surface area (Å²) in [7, 11) is 0. The maximum absolute atomic E-state index is 12.9. The van der Waals surface area contributed by atoms with Crippen molar-refractivity contribution in [3.63, 3.8) is 0 Å². The van der Waals surface area contributed by atoms with Crippen LogP contribution in [0.25, 0.3) is 0 Å². The van der Waals surface area contributed by atoms with Crippen molar-refractivity contribution in [2.45, 2.75) is 6.42 Å². The molecule has 1 aromatic heterocycles. The van der Waals surface area contributed by atoms with Crippen molar-refractivity contribution in [2.24, 2.45) is 0 Å². The van der Waals surface area contributed by atoms with Gasteiger partial charge >= 0.3 is 0 Å². The smallest absolute Gasteiger partial charge is 0.123 e. The van der Waals surface area contributed by atoms with Gasteiger partial charge < -0.3 is 0 Å². The summed E-state index contributed by atoms with van der Waals surface area (Å²) in [6, 6.07) is 8.11. The molecule has 4 heteroatoms. The number of nitrogens with zero attached hydrogens (tertiary/aromatic N) is 2. The second-order valence-corrected chi connectivity index (χ2v) is 3.61. The topological polar surface area (TPSA) is 25.8 Å². The molecule has 2 rings (SSSR count). The average Bonchev–Trinajstić information content (AvgIpc) is 2.17. The molecule has 0 spiro atoms. The summed E-state index contributed by atoms with van der Waals surface area (Å²) < 4.78 is 12.9. The van der Waals surface area contributed by atoms with E-state index in [-0.39, 0.29) is 5.82 Å². The maximum Gasteiger partial charge on any atom is 0.123 e. The Morgan fingerprint density at radius 2 is 2.13 bits per heavy atom. The molecule has 0 radical (unpaired) electrons. The Morgan fingerprint density at radius 1 is 1.27 bits per heavy atom. The van der Waals surface area contributed by atoms with Crippen LogP contribution < -0.4 is 0 Å². The monoisotopic (exact) mass is 222 g/mol. The van der Waals surface area contributed by atoms with E-state index >= 15 is 0 Å². The van der Waals surface area contributed by atoms with Crippen LogP contribution in [0.2, 0.25) is 5.02 Å². The van der Waals surface area contributed by atoms with Gasteiger partial charge in [-0.2, -0.15) is 10.2 Å². The zero-order valence-electron chi connectivity index (χ0n) is 7.82. The first-order valence-corrected chi connectivity index (χ1v) is 4.83. The van der Waals surface area contributed by atoms with Gasteiger partial charge in [0.25, 0.3) is 0 Å². The molecule has 0 bridgehead atoms. The molecular formula is C11H8ClFN2. The molecule has 76 valence electrons. The number of halogens is 2. The highest BCUT2D eigenvalue weighted by Gasteiger charge is 2.00. The van der Waals surface area contributed by atoms with Gasteiger partial charge in [-0.05, 0) is 23.8 Å². The summed E-state index contributed by atoms with van der Waals surface area (Å²) in [6.45, 7) is 0. The van der Waals surface area contributed by atoms with Gasteiger partial charge in [0.2, 0.25) is 0 Å². The highest BCUT2D eigenvalue weighted by molar-refractivity contribution is 6.30. The highest BCUT2D eigenvalue weighted by atomic mass is 35.5. The summed E-state index contributed by atoms with van der Waals surface area (Å²) in [5, 5.41) is 8.17. The quantitative estimate of drug-likeness (QED) is 0.781. The predicted molar refractivity (Wildman–Crippen MR) is 56.2 cm³/mol. The summed E-state index contributed by atoms with van der Waals surface area (Å²) in [5.74, 6) is -0.248. The Morgan fingerprint density at radius 3 is 2.87 bits per heavy atom. The molecule has 0 saturated carbocycles. The van der Waals surface area contributed by atoms with Gasteiger partial charge in [0, 0.05) is 6.42 Å². The highest BCUT2D eigenvalue weighted by Crippen LogP contribution is 2.11. The summed E-state index contributed by atoms with van der Waals surface area (Å²) in [5.41, 5.74) is 1.58.